The molecule has 0 radical (unpaired) electrons. The first kappa shape index (κ1) is 10.3. The molecule has 2 rings (SSSR count). The van der Waals surface area contributed by atoms with Crippen LogP contribution >= 0.6 is 12.8 Å². The Balaban J connectivity index is 2.31. The summed E-state index contributed by atoms with van der Waals surface area (Å²) in [6.45, 7) is 1.84. The van der Waals surface area contributed by atoms with E-state index in [-0.39, 0.29) is 0 Å². The highest BCUT2D eigenvalue weighted by Crippen LogP contribution is 2.22. The fourth-order valence-corrected chi connectivity index (χ4v) is 1.85. The molecule has 0 unspecified atom stereocenters. The highest BCUT2D eigenvalue weighted by molar-refractivity contribution is 7.82. The summed E-state index contributed by atoms with van der Waals surface area (Å²) >= 11 is 4.02. The Bertz CT molecular complexity index is 394. The van der Waals surface area contributed by atoms with Gasteiger partial charge < -0.3 is 11.1 Å². The first-order chi connectivity index (χ1) is 7.18. The number of nitrogens with two attached hydrogens (primary N) is 1. The Morgan fingerprint density at radius 1 is 1.47 bits per heavy atom. The quantitative estimate of drug-likeness (QED) is 0.624. The van der Waals surface area contributed by atoms with Gasteiger partial charge >= 0.3 is 6.03 Å². The summed E-state index contributed by atoms with van der Waals surface area (Å²) in [4.78, 5) is 10.9. The fourth-order valence-electron chi connectivity index (χ4n) is 1.73. The van der Waals surface area contributed by atoms with Gasteiger partial charge in [-0.3, -0.25) is 0 Å². The summed E-state index contributed by atoms with van der Waals surface area (Å²) in [5.41, 5.74) is 8.39. The number of nitrogens with zero attached hydrogens (tertiary/aromatic N) is 1. The molecular formula is C10H13N3OS. The van der Waals surface area contributed by atoms with Crippen molar-refractivity contribution in [3.63, 3.8) is 0 Å². The van der Waals surface area contributed by atoms with Gasteiger partial charge in [-0.2, -0.15) is 0 Å². The maximum absolute atomic E-state index is 10.9. The second-order valence-electron chi connectivity index (χ2n) is 3.53. The van der Waals surface area contributed by atoms with E-state index < -0.39 is 6.03 Å². The van der Waals surface area contributed by atoms with Crippen LogP contribution < -0.4 is 15.4 Å². The molecule has 80 valence electrons. The van der Waals surface area contributed by atoms with Crippen LogP contribution in [0.2, 0.25) is 0 Å². The Labute approximate surface area is 94.0 Å². The van der Waals surface area contributed by atoms with E-state index in [0.717, 1.165) is 23.8 Å². The second kappa shape index (κ2) is 4.12. The van der Waals surface area contributed by atoms with Crippen LogP contribution in [0, 0.1) is 0 Å². The Kier molecular flexibility index (Phi) is 2.83. The van der Waals surface area contributed by atoms with Gasteiger partial charge in [0.2, 0.25) is 0 Å². The summed E-state index contributed by atoms with van der Waals surface area (Å²) in [7, 11) is 0. The average Bonchev–Trinajstić information content (AvgIpc) is 2.27. The third-order valence-electron chi connectivity index (χ3n) is 2.53. The molecule has 0 aromatic heterocycles. The molecule has 15 heavy (non-hydrogen) atoms. The van der Waals surface area contributed by atoms with E-state index in [9.17, 15) is 4.79 Å². The van der Waals surface area contributed by atoms with Gasteiger partial charge in [-0.25, -0.2) is 9.10 Å². The maximum Gasteiger partial charge on any atom is 0.329 e. The van der Waals surface area contributed by atoms with Crippen LogP contribution in [-0.2, 0) is 13.0 Å². The van der Waals surface area contributed by atoms with Gasteiger partial charge in [0.05, 0.1) is 5.69 Å². The predicted molar refractivity (Wildman–Crippen MR) is 62.9 cm³/mol. The first-order valence-electron chi connectivity index (χ1n) is 4.79. The normalized spacial score (nSPS) is 14.5. The summed E-state index contributed by atoms with van der Waals surface area (Å²) in [6, 6.07) is 5.26. The van der Waals surface area contributed by atoms with Gasteiger partial charge in [0.1, 0.15) is 0 Å². The lowest BCUT2D eigenvalue weighted by molar-refractivity contribution is 0.257. The standard InChI is InChI=1S/C10H13N3OS/c11-10(14)13(15)9-2-1-7-3-4-12-6-8(7)5-9/h1-2,5,12,15H,3-4,6H2,(H2,11,14). The second-order valence-corrected chi connectivity index (χ2v) is 3.93. The van der Waals surface area contributed by atoms with Crippen LogP contribution in [0.1, 0.15) is 11.1 Å². The molecule has 3 N–H and O–H groups in total. The fraction of sp³-hybridized carbons (Fsp3) is 0.300. The zero-order valence-corrected chi connectivity index (χ0v) is 9.13. The smallest absolute Gasteiger partial charge is 0.329 e. The maximum atomic E-state index is 10.9. The van der Waals surface area contributed by atoms with Gasteiger partial charge in [0, 0.05) is 6.54 Å². The average molecular weight is 223 g/mol. The van der Waals surface area contributed by atoms with E-state index in [1.807, 2.05) is 18.2 Å². The molecule has 1 heterocycles. The van der Waals surface area contributed by atoms with Crippen molar-refractivity contribution >= 4 is 24.5 Å². The van der Waals surface area contributed by atoms with Crippen LogP contribution in [0.3, 0.4) is 0 Å². The van der Waals surface area contributed by atoms with Crippen LogP contribution in [-0.4, -0.2) is 12.6 Å². The molecular weight excluding hydrogens is 210 g/mol. The molecule has 0 spiro atoms. The minimum Gasteiger partial charge on any atom is -0.350 e. The highest BCUT2D eigenvalue weighted by atomic mass is 32.1. The molecule has 0 saturated carbocycles. The van der Waals surface area contributed by atoms with Crippen molar-refractivity contribution in [1.29, 1.82) is 0 Å². The number of primary amides is 1. The van der Waals surface area contributed by atoms with E-state index in [1.165, 1.54) is 11.1 Å². The number of rotatable bonds is 1. The first-order valence-corrected chi connectivity index (χ1v) is 5.19. The van der Waals surface area contributed by atoms with Crippen molar-refractivity contribution < 1.29 is 4.79 Å². The van der Waals surface area contributed by atoms with Gasteiger partial charge in [0.25, 0.3) is 0 Å². The molecule has 5 heteroatoms. The minimum absolute atomic E-state index is 0.568. The summed E-state index contributed by atoms with van der Waals surface area (Å²) in [6.07, 6.45) is 1.03. The largest absolute Gasteiger partial charge is 0.350 e. The van der Waals surface area contributed by atoms with E-state index in [2.05, 4.69) is 18.1 Å². The minimum atomic E-state index is -0.568. The molecule has 0 saturated heterocycles. The number of amides is 2. The molecule has 1 aromatic carbocycles. The highest BCUT2D eigenvalue weighted by Gasteiger charge is 2.12. The molecule has 1 aliphatic rings. The number of benzene rings is 1. The topological polar surface area (TPSA) is 58.4 Å². The Morgan fingerprint density at radius 2 is 2.27 bits per heavy atom. The zero-order valence-electron chi connectivity index (χ0n) is 8.23. The number of thiol groups is 1. The number of hydrogen-bond donors (Lipinski definition) is 3. The number of carbonyl (C=O) groups is 1. The number of nitrogens with one attached hydrogen (secondary N) is 1. The molecule has 0 fully saturated rings. The lowest BCUT2D eigenvalue weighted by atomic mass is 10.0. The third kappa shape index (κ3) is 2.08. The van der Waals surface area contributed by atoms with Crippen molar-refractivity contribution in [2.45, 2.75) is 13.0 Å². The van der Waals surface area contributed by atoms with E-state index in [1.54, 1.807) is 0 Å². The molecule has 0 atom stereocenters. The van der Waals surface area contributed by atoms with Crippen molar-refractivity contribution in [2.75, 3.05) is 10.8 Å². The lowest BCUT2D eigenvalue weighted by Gasteiger charge is -2.20. The van der Waals surface area contributed by atoms with Crippen LogP contribution in [0.5, 0.6) is 0 Å². The molecule has 0 aliphatic carbocycles. The van der Waals surface area contributed by atoms with E-state index >= 15 is 0 Å². The molecule has 0 bridgehead atoms. The van der Waals surface area contributed by atoms with Gasteiger partial charge in [-0.1, -0.05) is 18.9 Å². The number of urea groups is 1. The van der Waals surface area contributed by atoms with Crippen LogP contribution in [0.4, 0.5) is 10.5 Å². The van der Waals surface area contributed by atoms with Gasteiger partial charge in [-0.15, -0.1) is 0 Å². The monoisotopic (exact) mass is 223 g/mol. The Morgan fingerprint density at radius 3 is 3.00 bits per heavy atom. The lowest BCUT2D eigenvalue weighted by Crippen LogP contribution is -2.28. The van der Waals surface area contributed by atoms with E-state index in [4.69, 9.17) is 5.73 Å². The van der Waals surface area contributed by atoms with Crippen molar-refractivity contribution in [1.82, 2.24) is 5.32 Å². The third-order valence-corrected chi connectivity index (χ3v) is 2.96. The van der Waals surface area contributed by atoms with Gasteiger partial charge in [0.15, 0.2) is 0 Å². The van der Waals surface area contributed by atoms with Crippen LogP contribution in [0.15, 0.2) is 18.2 Å². The Hall–Kier alpha value is -1.20. The summed E-state index contributed by atoms with van der Waals surface area (Å²) in [5, 5.41) is 3.28. The van der Waals surface area contributed by atoms with Gasteiger partial charge in [-0.05, 0) is 36.2 Å². The molecule has 1 aromatic rings. The zero-order chi connectivity index (χ0) is 10.8. The molecule has 1 aliphatic heterocycles. The predicted octanol–water partition coefficient (Wildman–Crippen LogP) is 1.06. The van der Waals surface area contributed by atoms with Crippen molar-refractivity contribution in [3.05, 3.63) is 29.3 Å². The SMILES string of the molecule is NC(=O)N(S)c1ccc2c(c1)CNCC2. The summed E-state index contributed by atoms with van der Waals surface area (Å²) < 4.78 is 1.15. The van der Waals surface area contributed by atoms with Crippen molar-refractivity contribution in [2.24, 2.45) is 5.73 Å². The van der Waals surface area contributed by atoms with E-state index in [0.29, 0.717) is 5.69 Å². The number of carbonyl (C=O) groups excluding carboxylic acids is 1. The molecule has 4 nitrogen and oxygen atoms in total. The molecule has 2 amide bonds. The van der Waals surface area contributed by atoms with Crippen molar-refractivity contribution in [3.8, 4) is 0 Å². The van der Waals surface area contributed by atoms with Crippen LogP contribution in [0.25, 0.3) is 0 Å². The number of anilines is 1. The number of fused-ring (bicyclic) bond motifs is 1. The number of hydrogen-bond acceptors (Lipinski definition) is 3. The summed E-state index contributed by atoms with van der Waals surface area (Å²) in [5.74, 6) is 0.